The maximum atomic E-state index is 13.8. The molecular weight excluding hydrogens is 341 g/mol. The Bertz CT molecular complexity index is 751. The number of amides is 1. The van der Waals surface area contributed by atoms with E-state index in [1.54, 1.807) is 0 Å². The summed E-state index contributed by atoms with van der Waals surface area (Å²) in [5.41, 5.74) is 1.10. The zero-order valence-corrected chi connectivity index (χ0v) is 14.3. The third kappa shape index (κ3) is 5.56. The number of nitrogens with one attached hydrogen (secondary N) is 1. The highest BCUT2D eigenvalue weighted by atomic mass is 19.1. The van der Waals surface area contributed by atoms with Gasteiger partial charge in [-0.2, -0.15) is 0 Å². The van der Waals surface area contributed by atoms with Gasteiger partial charge in [-0.05, 0) is 23.3 Å². The maximum absolute atomic E-state index is 13.8. The first kappa shape index (κ1) is 19.4. The SMILES string of the molecule is COc1ccc(C(NC(=O)CCOCc2ccccc2)C(=O)O)cc1F. The Morgan fingerprint density at radius 3 is 2.54 bits per heavy atom. The predicted octanol–water partition coefficient (Wildman–Crippen LogP) is 2.68. The largest absolute Gasteiger partial charge is 0.494 e. The number of carbonyl (C=O) groups excluding carboxylic acids is 1. The minimum atomic E-state index is -1.35. The van der Waals surface area contributed by atoms with E-state index in [2.05, 4.69) is 5.32 Å². The van der Waals surface area contributed by atoms with E-state index in [0.717, 1.165) is 11.6 Å². The van der Waals surface area contributed by atoms with Crippen LogP contribution in [0.15, 0.2) is 48.5 Å². The Kier molecular flexibility index (Phi) is 7.11. The van der Waals surface area contributed by atoms with Crippen LogP contribution in [0.2, 0.25) is 0 Å². The van der Waals surface area contributed by atoms with Gasteiger partial charge in [0, 0.05) is 0 Å². The third-order valence-electron chi connectivity index (χ3n) is 3.65. The lowest BCUT2D eigenvalue weighted by molar-refractivity contribution is -0.142. The summed E-state index contributed by atoms with van der Waals surface area (Å²) in [6, 6.07) is 11.9. The van der Waals surface area contributed by atoms with Crippen molar-refractivity contribution in [2.24, 2.45) is 0 Å². The van der Waals surface area contributed by atoms with Crippen LogP contribution in [0.4, 0.5) is 4.39 Å². The molecule has 0 fully saturated rings. The van der Waals surface area contributed by atoms with Gasteiger partial charge in [-0.15, -0.1) is 0 Å². The van der Waals surface area contributed by atoms with Crippen LogP contribution < -0.4 is 10.1 Å². The van der Waals surface area contributed by atoms with Crippen LogP contribution in [0.1, 0.15) is 23.6 Å². The van der Waals surface area contributed by atoms with Crippen LogP contribution in [0.25, 0.3) is 0 Å². The van der Waals surface area contributed by atoms with Crippen LogP contribution in [-0.4, -0.2) is 30.7 Å². The molecule has 0 aliphatic carbocycles. The van der Waals surface area contributed by atoms with E-state index >= 15 is 0 Å². The third-order valence-corrected chi connectivity index (χ3v) is 3.65. The molecule has 0 saturated heterocycles. The number of carboxylic acid groups (broad SMARTS) is 1. The van der Waals surface area contributed by atoms with E-state index in [9.17, 15) is 19.1 Å². The van der Waals surface area contributed by atoms with Crippen LogP contribution in [0, 0.1) is 5.82 Å². The molecule has 0 radical (unpaired) electrons. The molecule has 0 saturated carbocycles. The fraction of sp³-hybridized carbons (Fsp3) is 0.263. The molecule has 7 heteroatoms. The van der Waals surface area contributed by atoms with Gasteiger partial charge in [0.05, 0.1) is 26.7 Å². The van der Waals surface area contributed by atoms with E-state index in [0.29, 0.717) is 6.61 Å². The van der Waals surface area contributed by atoms with Crippen molar-refractivity contribution in [3.63, 3.8) is 0 Å². The standard InChI is InChI=1S/C19H20FNO5/c1-25-16-8-7-14(11-15(16)20)18(19(23)24)21-17(22)9-10-26-12-13-5-3-2-4-6-13/h2-8,11,18H,9-10,12H2,1H3,(H,21,22)(H,23,24). The minimum absolute atomic E-state index is 0.00136. The number of rotatable bonds is 9. The Hall–Kier alpha value is -2.93. The topological polar surface area (TPSA) is 84.9 Å². The van der Waals surface area contributed by atoms with Gasteiger partial charge in [0.25, 0.3) is 0 Å². The summed E-state index contributed by atoms with van der Waals surface area (Å²) >= 11 is 0. The predicted molar refractivity (Wildman–Crippen MR) is 92.2 cm³/mol. The van der Waals surface area contributed by atoms with Crippen LogP contribution in [0.5, 0.6) is 5.75 Å². The van der Waals surface area contributed by atoms with E-state index in [1.165, 1.54) is 19.2 Å². The van der Waals surface area contributed by atoms with Crippen LogP contribution in [0.3, 0.4) is 0 Å². The van der Waals surface area contributed by atoms with Gasteiger partial charge in [0.1, 0.15) is 0 Å². The van der Waals surface area contributed by atoms with Crippen molar-refractivity contribution in [2.45, 2.75) is 19.1 Å². The van der Waals surface area contributed by atoms with Gasteiger partial charge in [0.2, 0.25) is 5.91 Å². The summed E-state index contributed by atoms with van der Waals surface area (Å²) in [7, 11) is 1.31. The second-order valence-corrected chi connectivity index (χ2v) is 5.52. The molecule has 0 aromatic heterocycles. The zero-order chi connectivity index (χ0) is 18.9. The molecule has 2 rings (SSSR count). The lowest BCUT2D eigenvalue weighted by Gasteiger charge is -2.16. The van der Waals surface area contributed by atoms with Crippen molar-refractivity contribution in [3.8, 4) is 5.75 Å². The fourth-order valence-electron chi connectivity index (χ4n) is 2.31. The van der Waals surface area contributed by atoms with Gasteiger partial charge in [-0.3, -0.25) is 4.79 Å². The fourth-order valence-corrected chi connectivity index (χ4v) is 2.31. The number of methoxy groups -OCH3 is 1. The van der Waals surface area contributed by atoms with Crippen molar-refractivity contribution < 1.29 is 28.6 Å². The smallest absolute Gasteiger partial charge is 0.330 e. The van der Waals surface area contributed by atoms with E-state index in [1.807, 2.05) is 30.3 Å². The normalized spacial score (nSPS) is 11.6. The van der Waals surface area contributed by atoms with Crippen LogP contribution >= 0.6 is 0 Å². The molecular formula is C19H20FNO5. The molecule has 1 atom stereocenters. The van der Waals surface area contributed by atoms with E-state index < -0.39 is 23.7 Å². The Labute approximate surface area is 150 Å². The zero-order valence-electron chi connectivity index (χ0n) is 14.3. The number of carbonyl (C=O) groups is 2. The first-order valence-corrected chi connectivity index (χ1v) is 7.98. The number of hydrogen-bond donors (Lipinski definition) is 2. The summed E-state index contributed by atoms with van der Waals surface area (Å²) in [6.07, 6.45) is -0.00471. The summed E-state index contributed by atoms with van der Waals surface area (Å²) in [5.74, 6) is -2.48. The lowest BCUT2D eigenvalue weighted by Crippen LogP contribution is -2.34. The van der Waals surface area contributed by atoms with Crippen molar-refractivity contribution in [3.05, 3.63) is 65.5 Å². The van der Waals surface area contributed by atoms with Crippen molar-refractivity contribution >= 4 is 11.9 Å². The van der Waals surface area contributed by atoms with E-state index in [4.69, 9.17) is 9.47 Å². The Balaban J connectivity index is 1.87. The summed E-state index contributed by atoms with van der Waals surface area (Å²) in [6.45, 7) is 0.504. The quantitative estimate of drug-likeness (QED) is 0.671. The molecule has 138 valence electrons. The number of ether oxygens (including phenoxy) is 2. The van der Waals surface area contributed by atoms with Crippen molar-refractivity contribution in [1.29, 1.82) is 0 Å². The van der Waals surface area contributed by atoms with Crippen molar-refractivity contribution in [2.75, 3.05) is 13.7 Å². The minimum Gasteiger partial charge on any atom is -0.494 e. The molecule has 1 unspecified atom stereocenters. The Morgan fingerprint density at radius 2 is 1.92 bits per heavy atom. The first-order chi connectivity index (χ1) is 12.5. The first-order valence-electron chi connectivity index (χ1n) is 7.98. The Morgan fingerprint density at radius 1 is 1.19 bits per heavy atom. The summed E-state index contributed by atoms with van der Waals surface area (Å²) < 4.78 is 24.0. The molecule has 0 heterocycles. The van der Waals surface area contributed by atoms with Gasteiger partial charge in [-0.25, -0.2) is 9.18 Å². The van der Waals surface area contributed by atoms with E-state index in [-0.39, 0.29) is 24.3 Å². The molecule has 1 amide bonds. The highest BCUT2D eigenvalue weighted by Gasteiger charge is 2.23. The highest BCUT2D eigenvalue weighted by Crippen LogP contribution is 2.22. The molecule has 2 N–H and O–H groups in total. The average Bonchev–Trinajstić information content (AvgIpc) is 2.64. The molecule has 0 bridgehead atoms. The number of benzene rings is 2. The monoisotopic (exact) mass is 361 g/mol. The average molecular weight is 361 g/mol. The lowest BCUT2D eigenvalue weighted by atomic mass is 10.1. The van der Waals surface area contributed by atoms with Gasteiger partial charge >= 0.3 is 5.97 Å². The second kappa shape index (κ2) is 9.53. The molecule has 6 nitrogen and oxygen atoms in total. The molecule has 0 spiro atoms. The molecule has 26 heavy (non-hydrogen) atoms. The van der Waals surface area contributed by atoms with Gasteiger partial charge in [0.15, 0.2) is 17.6 Å². The molecule has 2 aromatic rings. The van der Waals surface area contributed by atoms with Crippen molar-refractivity contribution in [1.82, 2.24) is 5.32 Å². The summed E-state index contributed by atoms with van der Waals surface area (Å²) in [5, 5.41) is 11.7. The summed E-state index contributed by atoms with van der Waals surface area (Å²) in [4.78, 5) is 23.4. The number of hydrogen-bond acceptors (Lipinski definition) is 4. The van der Waals surface area contributed by atoms with Gasteiger partial charge in [-0.1, -0.05) is 36.4 Å². The maximum Gasteiger partial charge on any atom is 0.330 e. The van der Waals surface area contributed by atoms with Gasteiger partial charge < -0.3 is 19.9 Å². The molecule has 2 aromatic carbocycles. The second-order valence-electron chi connectivity index (χ2n) is 5.52. The number of aliphatic carboxylic acids is 1. The molecule has 0 aliphatic rings. The number of halogens is 1. The molecule has 0 aliphatic heterocycles. The highest BCUT2D eigenvalue weighted by molar-refractivity contribution is 5.84. The number of carboxylic acids is 1. The van der Waals surface area contributed by atoms with Crippen LogP contribution in [-0.2, 0) is 20.9 Å².